The molecule has 0 aliphatic heterocycles. The number of hydrogen-bond donors (Lipinski definition) is 1. The third-order valence-electron chi connectivity index (χ3n) is 2.77. The zero-order valence-corrected chi connectivity index (χ0v) is 15.3. The molecule has 7 heteroatoms. The van der Waals surface area contributed by atoms with Gasteiger partial charge in [-0.25, -0.2) is 4.79 Å². The molecule has 0 aromatic heterocycles. The number of ether oxygens (including phenoxy) is 4. The summed E-state index contributed by atoms with van der Waals surface area (Å²) in [6.07, 6.45) is -0.130. The molecule has 0 saturated heterocycles. The maximum Gasteiger partial charge on any atom is 0.404 e. The molecule has 4 atom stereocenters. The molecule has 0 radical (unpaired) electrons. The van der Waals surface area contributed by atoms with Crippen LogP contribution in [0.15, 0.2) is 0 Å². The van der Waals surface area contributed by atoms with Gasteiger partial charge in [-0.1, -0.05) is 6.92 Å². The minimum atomic E-state index is -0.787. The molecule has 0 aromatic rings. The summed E-state index contributed by atoms with van der Waals surface area (Å²) in [7, 11) is 0.936. The Morgan fingerprint density at radius 3 is 2.25 bits per heavy atom. The lowest BCUT2D eigenvalue weighted by molar-refractivity contribution is -0.0793. The van der Waals surface area contributed by atoms with Gasteiger partial charge in [0.1, 0.15) is 6.10 Å². The highest BCUT2D eigenvalue weighted by molar-refractivity contribution is 6.11. The second-order valence-electron chi connectivity index (χ2n) is 5.01. The predicted octanol–water partition coefficient (Wildman–Crippen LogP) is 0.399. The number of primary amides is 1. The molecule has 0 fully saturated rings. The van der Waals surface area contributed by atoms with E-state index in [1.54, 1.807) is 6.92 Å². The summed E-state index contributed by atoms with van der Waals surface area (Å²) >= 11 is 0. The van der Waals surface area contributed by atoms with Crippen molar-refractivity contribution in [2.24, 2.45) is 5.73 Å². The van der Waals surface area contributed by atoms with Crippen LogP contribution in [0.25, 0.3) is 0 Å². The molecular formula is C13H29NO5Si. The molecule has 120 valence electrons. The van der Waals surface area contributed by atoms with E-state index >= 15 is 0 Å². The van der Waals surface area contributed by atoms with Crippen LogP contribution in [0.1, 0.15) is 34.1 Å². The molecule has 0 bridgehead atoms. The van der Waals surface area contributed by atoms with Gasteiger partial charge in [0.05, 0.1) is 31.1 Å². The van der Waals surface area contributed by atoms with Gasteiger partial charge in [0.15, 0.2) is 0 Å². The summed E-state index contributed by atoms with van der Waals surface area (Å²) in [5, 5.41) is 0. The first-order chi connectivity index (χ1) is 9.36. The van der Waals surface area contributed by atoms with Crippen LogP contribution in [-0.2, 0) is 18.9 Å². The van der Waals surface area contributed by atoms with Crippen LogP contribution in [0.2, 0.25) is 0 Å². The Morgan fingerprint density at radius 1 is 1.10 bits per heavy atom. The van der Waals surface area contributed by atoms with Gasteiger partial charge in [0, 0.05) is 16.8 Å². The van der Waals surface area contributed by atoms with E-state index in [9.17, 15) is 4.79 Å². The molecule has 0 heterocycles. The Kier molecular flexibility index (Phi) is 10.7. The fourth-order valence-electron chi connectivity index (χ4n) is 1.44. The van der Waals surface area contributed by atoms with Crippen molar-refractivity contribution in [2.75, 3.05) is 19.8 Å². The highest BCUT2D eigenvalue weighted by Crippen LogP contribution is 2.04. The molecule has 1 amide bonds. The lowest BCUT2D eigenvalue weighted by Gasteiger charge is -2.23. The molecule has 20 heavy (non-hydrogen) atoms. The van der Waals surface area contributed by atoms with Crippen LogP contribution in [0.3, 0.4) is 0 Å². The largest absolute Gasteiger partial charge is 0.444 e. The summed E-state index contributed by atoms with van der Waals surface area (Å²) in [5.41, 5.74) is 5.11. The summed E-state index contributed by atoms with van der Waals surface area (Å²) in [4.78, 5) is 10.5. The topological polar surface area (TPSA) is 80.0 Å². The van der Waals surface area contributed by atoms with Crippen LogP contribution >= 0.6 is 0 Å². The zero-order valence-electron chi connectivity index (χ0n) is 13.3. The van der Waals surface area contributed by atoms with E-state index < -0.39 is 6.09 Å². The van der Waals surface area contributed by atoms with Crippen molar-refractivity contribution in [2.45, 2.75) is 58.2 Å². The third kappa shape index (κ3) is 10.2. The molecule has 6 nitrogen and oxygen atoms in total. The minimum Gasteiger partial charge on any atom is -0.444 e. The molecule has 0 aliphatic rings. The number of hydrogen-bond acceptors (Lipinski definition) is 5. The summed E-state index contributed by atoms with van der Waals surface area (Å²) < 4.78 is 21.7. The van der Waals surface area contributed by atoms with Crippen molar-refractivity contribution < 1.29 is 23.7 Å². The smallest absolute Gasteiger partial charge is 0.404 e. The van der Waals surface area contributed by atoms with Crippen LogP contribution in [0.4, 0.5) is 4.79 Å². The highest BCUT2D eigenvalue weighted by atomic mass is 28.1. The number of nitrogens with two attached hydrogens (primary N) is 1. The van der Waals surface area contributed by atoms with Crippen molar-refractivity contribution >= 4 is 16.3 Å². The molecular weight excluding hydrogens is 278 g/mol. The lowest BCUT2D eigenvalue weighted by atomic mass is 10.4. The predicted molar refractivity (Wildman–Crippen MR) is 80.9 cm³/mol. The Hall–Kier alpha value is -0.633. The van der Waals surface area contributed by atoms with Gasteiger partial charge in [-0.05, 0) is 27.2 Å². The number of carbonyl (C=O) groups is 1. The first kappa shape index (κ1) is 19.4. The number of amides is 1. The van der Waals surface area contributed by atoms with Gasteiger partial charge in [0.2, 0.25) is 0 Å². The van der Waals surface area contributed by atoms with Gasteiger partial charge < -0.3 is 24.7 Å². The van der Waals surface area contributed by atoms with Gasteiger partial charge >= 0.3 is 6.09 Å². The Labute approximate surface area is 124 Å². The van der Waals surface area contributed by atoms with E-state index in [4.69, 9.17) is 24.7 Å². The zero-order chi connectivity index (χ0) is 15.5. The first-order valence-electron chi connectivity index (χ1n) is 7.17. The van der Waals surface area contributed by atoms with Crippen molar-refractivity contribution in [1.82, 2.24) is 0 Å². The summed E-state index contributed by atoms with van der Waals surface area (Å²) in [6, 6.07) is 0. The monoisotopic (exact) mass is 307 g/mol. The van der Waals surface area contributed by atoms with Gasteiger partial charge in [0.25, 0.3) is 0 Å². The fourth-order valence-corrected chi connectivity index (χ4v) is 1.87. The number of carbonyl (C=O) groups excluding carboxylic acids is 1. The molecule has 0 saturated carbocycles. The SMILES string of the molecule is CCCOC([SiH3])C(C)OCC(C)OCC(C)OC(N)=O. The molecule has 0 spiro atoms. The van der Waals surface area contributed by atoms with E-state index in [0.29, 0.717) is 13.2 Å². The molecule has 0 aromatic carbocycles. The molecule has 0 aliphatic carbocycles. The Bertz CT molecular complexity index is 267. The van der Waals surface area contributed by atoms with Crippen molar-refractivity contribution in [3.8, 4) is 0 Å². The molecule has 4 unspecified atom stereocenters. The average Bonchev–Trinajstić information content (AvgIpc) is 2.38. The van der Waals surface area contributed by atoms with E-state index in [1.165, 1.54) is 0 Å². The van der Waals surface area contributed by atoms with Crippen LogP contribution in [0.5, 0.6) is 0 Å². The minimum absolute atomic E-state index is 0.0681. The lowest BCUT2D eigenvalue weighted by Crippen LogP contribution is -2.33. The standard InChI is InChI=1S/C13H29NO5Si/c1-5-6-16-12(20)11(4)18-7-9(2)17-8-10(3)19-13(14)15/h9-12H,5-8H2,1-4,20H3,(H2,14,15). The maximum atomic E-state index is 10.5. The van der Waals surface area contributed by atoms with Crippen molar-refractivity contribution in [3.63, 3.8) is 0 Å². The fraction of sp³-hybridized carbons (Fsp3) is 0.923. The summed E-state index contributed by atoms with van der Waals surface area (Å²) in [5.74, 6) is 0. The second kappa shape index (κ2) is 11.1. The highest BCUT2D eigenvalue weighted by Gasteiger charge is 2.15. The van der Waals surface area contributed by atoms with Gasteiger partial charge in [-0.3, -0.25) is 0 Å². The van der Waals surface area contributed by atoms with E-state index in [-0.39, 0.29) is 24.0 Å². The van der Waals surface area contributed by atoms with Gasteiger partial charge in [-0.15, -0.1) is 0 Å². The van der Waals surface area contributed by atoms with Crippen LogP contribution in [0, 0.1) is 0 Å². The Balaban J connectivity index is 3.75. The normalized spacial score (nSPS) is 17.4. The van der Waals surface area contributed by atoms with Crippen LogP contribution < -0.4 is 5.73 Å². The quantitative estimate of drug-likeness (QED) is 0.559. The average molecular weight is 307 g/mol. The van der Waals surface area contributed by atoms with Crippen molar-refractivity contribution in [3.05, 3.63) is 0 Å². The van der Waals surface area contributed by atoms with E-state index in [2.05, 4.69) is 6.92 Å². The Morgan fingerprint density at radius 2 is 1.70 bits per heavy atom. The second-order valence-corrected chi connectivity index (χ2v) is 6.14. The maximum absolute atomic E-state index is 10.5. The summed E-state index contributed by atoms with van der Waals surface area (Å²) in [6.45, 7) is 9.31. The molecule has 0 rings (SSSR count). The van der Waals surface area contributed by atoms with E-state index in [0.717, 1.165) is 23.3 Å². The number of rotatable bonds is 11. The third-order valence-corrected chi connectivity index (χ3v) is 4.04. The van der Waals surface area contributed by atoms with E-state index in [1.807, 2.05) is 13.8 Å². The first-order valence-corrected chi connectivity index (χ1v) is 8.33. The van der Waals surface area contributed by atoms with Crippen LogP contribution in [-0.4, -0.2) is 60.2 Å². The van der Waals surface area contributed by atoms with Crippen molar-refractivity contribution in [1.29, 1.82) is 0 Å². The van der Waals surface area contributed by atoms with Gasteiger partial charge in [-0.2, -0.15) is 0 Å². The molecule has 2 N–H and O–H groups in total.